The van der Waals surface area contributed by atoms with Crippen molar-refractivity contribution in [3.05, 3.63) is 79.1 Å². The van der Waals surface area contributed by atoms with Crippen LogP contribution in [0.15, 0.2) is 72.4 Å². The van der Waals surface area contributed by atoms with E-state index in [4.69, 9.17) is 4.42 Å². The third kappa shape index (κ3) is 3.84. The largest absolute Gasteiger partial charge is 0.464 e. The highest BCUT2D eigenvalue weighted by molar-refractivity contribution is 6.06. The van der Waals surface area contributed by atoms with Crippen molar-refractivity contribution >= 4 is 34.3 Å². The summed E-state index contributed by atoms with van der Waals surface area (Å²) in [6.07, 6.45) is 9.19. The normalized spacial score (nSPS) is 21.2. The lowest BCUT2D eigenvalue weighted by Crippen LogP contribution is -2.40. The summed E-state index contributed by atoms with van der Waals surface area (Å²) in [4.78, 5) is 17.9. The third-order valence-electron chi connectivity index (χ3n) is 6.83. The van der Waals surface area contributed by atoms with E-state index < -0.39 is 0 Å². The lowest BCUT2D eigenvalue weighted by molar-refractivity contribution is 0.102. The fraction of sp³-hybridized carbons (Fsp3) is 0.296. The van der Waals surface area contributed by atoms with Crippen molar-refractivity contribution in [3.63, 3.8) is 0 Å². The Morgan fingerprint density at radius 3 is 2.84 bits per heavy atom. The first kappa shape index (κ1) is 20.6. The Kier molecular flexibility index (Phi) is 5.58. The number of carbonyl (C=O) groups excluding carboxylic acids is 1. The smallest absolute Gasteiger partial charge is 0.255 e. The van der Waals surface area contributed by atoms with Gasteiger partial charge in [-0.15, -0.1) is 6.58 Å². The van der Waals surface area contributed by atoms with Crippen LogP contribution in [-0.2, 0) is 0 Å². The van der Waals surface area contributed by atoms with Crippen molar-refractivity contribution in [2.75, 3.05) is 29.9 Å². The highest BCUT2D eigenvalue weighted by Crippen LogP contribution is 2.31. The summed E-state index contributed by atoms with van der Waals surface area (Å²) in [5.41, 5.74) is 4.12. The summed E-state index contributed by atoms with van der Waals surface area (Å²) in [6, 6.07) is 14.6. The van der Waals surface area contributed by atoms with E-state index in [9.17, 15) is 4.79 Å². The van der Waals surface area contributed by atoms with Crippen LogP contribution in [0.1, 0.15) is 35.2 Å². The molecule has 1 aromatic heterocycles. The SMILES string of the molecule is C=Cc1cc(N2CC[C@H](N3CCC[C@@H]3C=C)C2)ccc1NC(=O)c1ccc2ccoc2c1. The molecule has 0 radical (unpaired) electrons. The number of anilines is 2. The van der Waals surface area contributed by atoms with Crippen LogP contribution in [0, 0.1) is 0 Å². The van der Waals surface area contributed by atoms with E-state index in [0.29, 0.717) is 23.2 Å². The molecule has 3 aromatic rings. The minimum absolute atomic E-state index is 0.162. The zero-order chi connectivity index (χ0) is 22.1. The third-order valence-corrected chi connectivity index (χ3v) is 6.83. The molecule has 3 heterocycles. The number of nitrogens with one attached hydrogen (secondary N) is 1. The molecule has 2 aromatic carbocycles. The number of furan rings is 1. The van der Waals surface area contributed by atoms with Gasteiger partial charge in [-0.05, 0) is 67.8 Å². The van der Waals surface area contributed by atoms with Gasteiger partial charge in [-0.2, -0.15) is 0 Å². The Labute approximate surface area is 189 Å². The maximum Gasteiger partial charge on any atom is 0.255 e. The number of hydrogen-bond donors (Lipinski definition) is 1. The molecule has 32 heavy (non-hydrogen) atoms. The molecule has 2 fully saturated rings. The van der Waals surface area contributed by atoms with E-state index in [1.807, 2.05) is 24.3 Å². The van der Waals surface area contributed by atoms with Crippen LogP contribution in [0.4, 0.5) is 11.4 Å². The topological polar surface area (TPSA) is 48.7 Å². The van der Waals surface area contributed by atoms with Crippen LogP contribution < -0.4 is 10.2 Å². The van der Waals surface area contributed by atoms with Crippen LogP contribution in [-0.4, -0.2) is 42.5 Å². The van der Waals surface area contributed by atoms with Gasteiger partial charge in [-0.3, -0.25) is 9.69 Å². The number of fused-ring (bicyclic) bond motifs is 1. The van der Waals surface area contributed by atoms with Gasteiger partial charge in [0.2, 0.25) is 0 Å². The van der Waals surface area contributed by atoms with Crippen LogP contribution in [0.25, 0.3) is 17.0 Å². The van der Waals surface area contributed by atoms with Crippen LogP contribution in [0.3, 0.4) is 0 Å². The van der Waals surface area contributed by atoms with E-state index in [1.54, 1.807) is 18.4 Å². The van der Waals surface area contributed by atoms with Crippen molar-refractivity contribution in [2.45, 2.75) is 31.3 Å². The molecule has 0 spiro atoms. The minimum Gasteiger partial charge on any atom is -0.464 e. The standard InChI is InChI=1S/C27H29N3O2/c1-3-19-16-23(29-14-11-24(18-29)30-13-5-6-22(30)4-2)9-10-25(19)28-27(31)21-8-7-20-12-15-32-26(20)17-21/h3-4,7-10,12,15-17,22,24H,1-2,5-6,11,13-14,18H2,(H,28,31)/t22-,24-/m0/s1. The predicted octanol–water partition coefficient (Wildman–Crippen LogP) is 5.56. The second-order valence-electron chi connectivity index (χ2n) is 8.67. The number of hydrogen-bond acceptors (Lipinski definition) is 4. The van der Waals surface area contributed by atoms with Gasteiger partial charge in [-0.25, -0.2) is 0 Å². The molecule has 2 aliphatic rings. The monoisotopic (exact) mass is 427 g/mol. The van der Waals surface area contributed by atoms with Gasteiger partial charge in [0.15, 0.2) is 0 Å². The van der Waals surface area contributed by atoms with Gasteiger partial charge in [0.1, 0.15) is 5.58 Å². The molecule has 0 aliphatic carbocycles. The molecule has 5 heteroatoms. The highest BCUT2D eigenvalue weighted by Gasteiger charge is 2.33. The van der Waals surface area contributed by atoms with Crippen molar-refractivity contribution in [3.8, 4) is 0 Å². The summed E-state index contributed by atoms with van der Waals surface area (Å²) in [5.74, 6) is -0.162. The Morgan fingerprint density at radius 1 is 1.09 bits per heavy atom. The summed E-state index contributed by atoms with van der Waals surface area (Å²) in [7, 11) is 0. The van der Waals surface area contributed by atoms with Gasteiger partial charge < -0.3 is 14.6 Å². The molecule has 5 rings (SSSR count). The molecule has 2 aliphatic heterocycles. The first-order valence-electron chi connectivity index (χ1n) is 11.3. The maximum absolute atomic E-state index is 12.8. The summed E-state index contributed by atoms with van der Waals surface area (Å²) in [5, 5.41) is 4.01. The molecule has 0 bridgehead atoms. The van der Waals surface area contributed by atoms with Crippen molar-refractivity contribution in [1.82, 2.24) is 4.90 Å². The molecule has 2 atom stereocenters. The van der Waals surface area contributed by atoms with Gasteiger partial charge in [0.05, 0.1) is 6.26 Å². The van der Waals surface area contributed by atoms with E-state index in [0.717, 1.165) is 29.7 Å². The lowest BCUT2D eigenvalue weighted by atomic mass is 10.1. The highest BCUT2D eigenvalue weighted by atomic mass is 16.3. The number of amides is 1. The number of likely N-dealkylation sites (tertiary alicyclic amines) is 1. The predicted molar refractivity (Wildman–Crippen MR) is 131 cm³/mol. The molecule has 164 valence electrons. The van der Waals surface area contributed by atoms with Crippen molar-refractivity contribution in [2.24, 2.45) is 0 Å². The molecule has 2 saturated heterocycles. The Bertz CT molecular complexity index is 1160. The number of rotatable bonds is 6. The van der Waals surface area contributed by atoms with E-state index in [2.05, 4.69) is 46.5 Å². The molecule has 0 saturated carbocycles. The van der Waals surface area contributed by atoms with Gasteiger partial charge in [0.25, 0.3) is 5.91 Å². The first-order valence-corrected chi connectivity index (χ1v) is 11.3. The fourth-order valence-corrected chi connectivity index (χ4v) is 5.09. The van der Waals surface area contributed by atoms with Crippen molar-refractivity contribution < 1.29 is 9.21 Å². The molecule has 0 unspecified atom stereocenters. The number of benzene rings is 2. The first-order chi connectivity index (χ1) is 15.7. The van der Waals surface area contributed by atoms with E-state index in [-0.39, 0.29) is 5.91 Å². The Balaban J connectivity index is 1.30. The second kappa shape index (κ2) is 8.67. The molecular formula is C27H29N3O2. The van der Waals surface area contributed by atoms with E-state index in [1.165, 1.54) is 31.5 Å². The molecular weight excluding hydrogens is 398 g/mol. The quantitative estimate of drug-likeness (QED) is 0.524. The average molecular weight is 428 g/mol. The summed E-state index contributed by atoms with van der Waals surface area (Å²) in [6.45, 7) is 11.2. The fourth-order valence-electron chi connectivity index (χ4n) is 5.09. The Morgan fingerprint density at radius 2 is 2.00 bits per heavy atom. The number of carbonyl (C=O) groups is 1. The van der Waals surface area contributed by atoms with E-state index >= 15 is 0 Å². The lowest BCUT2D eigenvalue weighted by Gasteiger charge is -2.29. The molecule has 5 nitrogen and oxygen atoms in total. The van der Waals surface area contributed by atoms with Crippen LogP contribution >= 0.6 is 0 Å². The van der Waals surface area contributed by atoms with Gasteiger partial charge >= 0.3 is 0 Å². The second-order valence-corrected chi connectivity index (χ2v) is 8.67. The Hall–Kier alpha value is -3.31. The summed E-state index contributed by atoms with van der Waals surface area (Å²) < 4.78 is 5.43. The minimum atomic E-state index is -0.162. The van der Waals surface area contributed by atoms with Gasteiger partial charge in [0, 0.05) is 47.5 Å². The maximum atomic E-state index is 12.8. The van der Waals surface area contributed by atoms with Crippen LogP contribution in [0.5, 0.6) is 0 Å². The molecule has 1 amide bonds. The zero-order valence-electron chi connectivity index (χ0n) is 18.3. The zero-order valence-corrected chi connectivity index (χ0v) is 18.3. The summed E-state index contributed by atoms with van der Waals surface area (Å²) >= 11 is 0. The number of nitrogens with zero attached hydrogens (tertiary/aromatic N) is 2. The van der Waals surface area contributed by atoms with Crippen LogP contribution in [0.2, 0.25) is 0 Å². The van der Waals surface area contributed by atoms with Crippen molar-refractivity contribution in [1.29, 1.82) is 0 Å². The molecule has 1 N–H and O–H groups in total. The average Bonchev–Trinajstić information content (AvgIpc) is 3.58. The van der Waals surface area contributed by atoms with Gasteiger partial charge in [-0.1, -0.05) is 24.8 Å².